The quantitative estimate of drug-likeness (QED) is 0.619. The number of hydrogen-bond acceptors (Lipinski definition) is 4. The van der Waals surface area contributed by atoms with Crippen molar-refractivity contribution in [3.63, 3.8) is 0 Å². The number of carboxylic acids is 1. The van der Waals surface area contributed by atoms with Gasteiger partial charge in [0.1, 0.15) is 0 Å². The van der Waals surface area contributed by atoms with Gasteiger partial charge in [-0.05, 0) is 61.3 Å². The molecule has 28 heavy (non-hydrogen) atoms. The van der Waals surface area contributed by atoms with Gasteiger partial charge >= 0.3 is 11.9 Å². The standard InChI is InChI=1S/C23H23NO4/c1-24(20-10-11-20)15-19-13-17(9-12-21(19)23(26)27)6-3-16-4-7-18(8-5-16)14-22(25)28-2/h4-5,7-9,12-13,20H,10-11,14-15H2,1-2H3,(H,26,27). The number of ether oxygens (including phenoxy) is 1. The second-order valence-electron chi connectivity index (χ2n) is 7.02. The molecule has 0 saturated heterocycles. The van der Waals surface area contributed by atoms with E-state index in [1.807, 2.05) is 37.4 Å². The van der Waals surface area contributed by atoms with E-state index in [1.54, 1.807) is 12.1 Å². The summed E-state index contributed by atoms with van der Waals surface area (Å²) < 4.78 is 4.66. The molecule has 3 rings (SSSR count). The van der Waals surface area contributed by atoms with Crippen molar-refractivity contribution < 1.29 is 19.4 Å². The molecule has 0 unspecified atom stereocenters. The molecule has 1 saturated carbocycles. The number of aromatic carboxylic acids is 1. The Morgan fingerprint density at radius 1 is 1.11 bits per heavy atom. The molecule has 2 aromatic rings. The third kappa shape index (κ3) is 5.21. The number of carboxylic acid groups (broad SMARTS) is 1. The van der Waals surface area contributed by atoms with Gasteiger partial charge in [0.2, 0.25) is 0 Å². The predicted octanol–water partition coefficient (Wildman–Crippen LogP) is 3.09. The van der Waals surface area contributed by atoms with Gasteiger partial charge in [-0.3, -0.25) is 9.69 Å². The highest BCUT2D eigenvalue weighted by molar-refractivity contribution is 5.89. The van der Waals surface area contributed by atoms with E-state index in [4.69, 9.17) is 0 Å². The van der Waals surface area contributed by atoms with Crippen LogP contribution >= 0.6 is 0 Å². The second kappa shape index (κ2) is 8.73. The number of esters is 1. The lowest BCUT2D eigenvalue weighted by Gasteiger charge is -2.17. The Morgan fingerprint density at radius 3 is 2.36 bits per heavy atom. The van der Waals surface area contributed by atoms with Crippen molar-refractivity contribution in [2.75, 3.05) is 14.2 Å². The van der Waals surface area contributed by atoms with Crippen LogP contribution in [0.3, 0.4) is 0 Å². The fourth-order valence-corrected chi connectivity index (χ4v) is 3.01. The van der Waals surface area contributed by atoms with E-state index in [9.17, 15) is 14.7 Å². The molecule has 1 N–H and O–H groups in total. The van der Waals surface area contributed by atoms with E-state index in [0.717, 1.165) is 22.3 Å². The maximum absolute atomic E-state index is 11.5. The van der Waals surface area contributed by atoms with Crippen LogP contribution in [0.2, 0.25) is 0 Å². The lowest BCUT2D eigenvalue weighted by Crippen LogP contribution is -2.21. The van der Waals surface area contributed by atoms with E-state index in [2.05, 4.69) is 21.5 Å². The van der Waals surface area contributed by atoms with Crippen LogP contribution in [0.1, 0.15) is 45.5 Å². The van der Waals surface area contributed by atoms with Gasteiger partial charge in [-0.25, -0.2) is 4.79 Å². The first kappa shape index (κ1) is 19.7. The average molecular weight is 377 g/mol. The predicted molar refractivity (Wildman–Crippen MR) is 106 cm³/mol. The van der Waals surface area contributed by atoms with Crippen LogP contribution in [-0.4, -0.2) is 42.1 Å². The van der Waals surface area contributed by atoms with Gasteiger partial charge in [-0.2, -0.15) is 0 Å². The lowest BCUT2D eigenvalue weighted by atomic mass is 10.0. The van der Waals surface area contributed by atoms with Gasteiger partial charge < -0.3 is 9.84 Å². The first-order valence-electron chi connectivity index (χ1n) is 9.20. The summed E-state index contributed by atoms with van der Waals surface area (Å²) in [5.74, 6) is 5.00. The Labute approximate surface area is 164 Å². The van der Waals surface area contributed by atoms with Crippen LogP contribution in [0.5, 0.6) is 0 Å². The smallest absolute Gasteiger partial charge is 0.336 e. The van der Waals surface area contributed by atoms with Crippen LogP contribution in [0.15, 0.2) is 42.5 Å². The summed E-state index contributed by atoms with van der Waals surface area (Å²) in [7, 11) is 3.39. The van der Waals surface area contributed by atoms with Crippen LogP contribution in [0.4, 0.5) is 0 Å². The Hall–Kier alpha value is -3.10. The molecular weight excluding hydrogens is 354 g/mol. The minimum atomic E-state index is -0.917. The number of carbonyl (C=O) groups excluding carboxylic acids is 1. The highest BCUT2D eigenvalue weighted by atomic mass is 16.5. The van der Waals surface area contributed by atoms with Gasteiger partial charge in [0.15, 0.2) is 0 Å². The summed E-state index contributed by atoms with van der Waals surface area (Å²) in [5, 5.41) is 9.45. The topological polar surface area (TPSA) is 66.8 Å². The first-order chi connectivity index (χ1) is 13.5. The summed E-state index contributed by atoms with van der Waals surface area (Å²) in [6.07, 6.45) is 2.58. The zero-order valence-corrected chi connectivity index (χ0v) is 16.1. The highest BCUT2D eigenvalue weighted by Crippen LogP contribution is 2.27. The number of rotatable bonds is 6. The molecule has 0 radical (unpaired) electrons. The monoisotopic (exact) mass is 377 g/mol. The van der Waals surface area contributed by atoms with Crippen molar-refractivity contribution in [2.45, 2.75) is 31.8 Å². The summed E-state index contributed by atoms with van der Waals surface area (Å²) >= 11 is 0. The van der Waals surface area contributed by atoms with Crippen LogP contribution in [0, 0.1) is 11.8 Å². The summed E-state index contributed by atoms with van der Waals surface area (Å²) in [6.45, 7) is 0.601. The van der Waals surface area contributed by atoms with Gasteiger partial charge in [-0.15, -0.1) is 0 Å². The maximum atomic E-state index is 11.5. The minimum absolute atomic E-state index is 0.235. The third-order valence-corrected chi connectivity index (χ3v) is 4.81. The molecule has 1 aliphatic carbocycles. The number of benzene rings is 2. The van der Waals surface area contributed by atoms with Crippen molar-refractivity contribution in [1.29, 1.82) is 0 Å². The molecule has 0 amide bonds. The van der Waals surface area contributed by atoms with Gasteiger partial charge in [-0.1, -0.05) is 24.0 Å². The van der Waals surface area contributed by atoms with Gasteiger partial charge in [0, 0.05) is 23.7 Å². The van der Waals surface area contributed by atoms with Gasteiger partial charge in [0.25, 0.3) is 0 Å². The molecule has 0 aromatic heterocycles. The van der Waals surface area contributed by atoms with Crippen LogP contribution in [-0.2, 0) is 22.5 Å². The number of hydrogen-bond donors (Lipinski definition) is 1. The Morgan fingerprint density at radius 2 is 1.75 bits per heavy atom. The molecule has 0 heterocycles. The van der Waals surface area contributed by atoms with E-state index in [-0.39, 0.29) is 12.4 Å². The molecule has 0 bridgehead atoms. The van der Waals surface area contributed by atoms with Crippen molar-refractivity contribution in [1.82, 2.24) is 4.90 Å². The van der Waals surface area contributed by atoms with E-state index >= 15 is 0 Å². The number of methoxy groups -OCH3 is 1. The summed E-state index contributed by atoms with van der Waals surface area (Å²) in [6, 6.07) is 13.2. The molecule has 2 aromatic carbocycles. The Kier molecular flexibility index (Phi) is 6.13. The molecule has 5 heteroatoms. The normalized spacial score (nSPS) is 13.0. The fourth-order valence-electron chi connectivity index (χ4n) is 3.01. The highest BCUT2D eigenvalue weighted by Gasteiger charge is 2.26. The molecule has 1 fully saturated rings. The third-order valence-electron chi connectivity index (χ3n) is 4.81. The van der Waals surface area contributed by atoms with Crippen molar-refractivity contribution >= 4 is 11.9 Å². The maximum Gasteiger partial charge on any atom is 0.336 e. The zero-order chi connectivity index (χ0) is 20.1. The molecule has 0 atom stereocenters. The lowest BCUT2D eigenvalue weighted by molar-refractivity contribution is -0.139. The molecule has 0 spiro atoms. The van der Waals surface area contributed by atoms with E-state index in [0.29, 0.717) is 18.2 Å². The van der Waals surface area contributed by atoms with Crippen molar-refractivity contribution in [3.05, 3.63) is 70.3 Å². The largest absolute Gasteiger partial charge is 0.478 e. The average Bonchev–Trinajstić information content (AvgIpc) is 3.52. The molecule has 144 valence electrons. The van der Waals surface area contributed by atoms with Crippen LogP contribution in [0.25, 0.3) is 0 Å². The van der Waals surface area contributed by atoms with E-state index < -0.39 is 5.97 Å². The minimum Gasteiger partial charge on any atom is -0.478 e. The van der Waals surface area contributed by atoms with Crippen molar-refractivity contribution in [2.24, 2.45) is 0 Å². The zero-order valence-electron chi connectivity index (χ0n) is 16.1. The van der Waals surface area contributed by atoms with E-state index in [1.165, 1.54) is 20.0 Å². The molecule has 1 aliphatic rings. The fraction of sp³-hybridized carbons (Fsp3) is 0.304. The number of carbonyl (C=O) groups is 2. The van der Waals surface area contributed by atoms with Crippen molar-refractivity contribution in [3.8, 4) is 11.8 Å². The summed E-state index contributed by atoms with van der Waals surface area (Å²) in [4.78, 5) is 25.0. The summed E-state index contributed by atoms with van der Waals surface area (Å²) in [5.41, 5.74) is 3.58. The Balaban J connectivity index is 1.77. The number of nitrogens with zero attached hydrogens (tertiary/aromatic N) is 1. The Bertz CT molecular complexity index is 933. The SMILES string of the molecule is COC(=O)Cc1ccc(C#Cc2ccc(C(=O)O)c(CN(C)C3CC3)c2)cc1. The van der Waals surface area contributed by atoms with Crippen LogP contribution < -0.4 is 0 Å². The molecule has 5 nitrogen and oxygen atoms in total. The second-order valence-corrected chi connectivity index (χ2v) is 7.02. The first-order valence-corrected chi connectivity index (χ1v) is 9.20. The molecule has 0 aliphatic heterocycles. The molecular formula is C23H23NO4. The van der Waals surface area contributed by atoms with Gasteiger partial charge in [0.05, 0.1) is 19.1 Å².